The molecule has 7 nitrogen and oxygen atoms in total. The minimum atomic E-state index is -0.344. The van der Waals surface area contributed by atoms with Gasteiger partial charge in [-0.25, -0.2) is 14.4 Å². The predicted molar refractivity (Wildman–Crippen MR) is 128 cm³/mol. The van der Waals surface area contributed by atoms with Crippen LogP contribution in [0.2, 0.25) is 0 Å². The van der Waals surface area contributed by atoms with E-state index < -0.39 is 0 Å². The molecule has 0 aliphatic heterocycles. The molecule has 0 aliphatic rings. The molecular weight excluding hydrogens is 463 g/mol. The van der Waals surface area contributed by atoms with Crippen molar-refractivity contribution < 1.29 is 18.7 Å². The third-order valence-corrected chi connectivity index (χ3v) is 6.48. The van der Waals surface area contributed by atoms with E-state index in [-0.39, 0.29) is 24.1 Å². The van der Waals surface area contributed by atoms with Crippen LogP contribution in [-0.4, -0.2) is 28.9 Å². The maximum Gasteiger partial charge on any atom is 0.257 e. The summed E-state index contributed by atoms with van der Waals surface area (Å²) in [4.78, 5) is 34.5. The van der Waals surface area contributed by atoms with Gasteiger partial charge in [-0.1, -0.05) is 23.5 Å². The summed E-state index contributed by atoms with van der Waals surface area (Å²) in [6.45, 7) is 1.83. The maximum atomic E-state index is 13.0. The van der Waals surface area contributed by atoms with Crippen LogP contribution in [0.25, 0.3) is 10.6 Å². The lowest BCUT2D eigenvalue weighted by Gasteiger charge is -2.03. The van der Waals surface area contributed by atoms with Gasteiger partial charge in [0.2, 0.25) is 5.91 Å². The van der Waals surface area contributed by atoms with Crippen LogP contribution >= 0.6 is 22.7 Å². The van der Waals surface area contributed by atoms with Crippen molar-refractivity contribution >= 4 is 44.8 Å². The number of nitrogens with zero attached hydrogens (tertiary/aromatic N) is 2. The van der Waals surface area contributed by atoms with Gasteiger partial charge in [-0.15, -0.1) is 11.3 Å². The summed E-state index contributed by atoms with van der Waals surface area (Å²) >= 11 is 2.60. The normalized spacial score (nSPS) is 10.6. The number of aromatic nitrogens is 2. The van der Waals surface area contributed by atoms with Gasteiger partial charge < -0.3 is 10.1 Å². The fraction of sp³-hybridized carbons (Fsp3) is 0.130. The number of rotatable bonds is 7. The van der Waals surface area contributed by atoms with Crippen molar-refractivity contribution in [3.05, 3.63) is 76.5 Å². The van der Waals surface area contributed by atoms with Gasteiger partial charge in [-0.2, -0.15) is 0 Å². The zero-order valence-corrected chi connectivity index (χ0v) is 19.3. The molecule has 4 aromatic rings. The number of benzene rings is 2. The molecule has 0 atom stereocenters. The van der Waals surface area contributed by atoms with Crippen LogP contribution in [-0.2, 0) is 11.2 Å². The largest absolute Gasteiger partial charge is 0.497 e. The Kier molecular flexibility index (Phi) is 6.76. The van der Waals surface area contributed by atoms with E-state index in [0.717, 1.165) is 10.6 Å². The van der Waals surface area contributed by atoms with Gasteiger partial charge in [-0.3, -0.25) is 14.9 Å². The first-order chi connectivity index (χ1) is 15.9. The molecule has 2 heterocycles. The van der Waals surface area contributed by atoms with E-state index in [1.54, 1.807) is 43.5 Å². The Morgan fingerprint density at radius 1 is 1.00 bits per heavy atom. The van der Waals surface area contributed by atoms with E-state index in [9.17, 15) is 14.0 Å². The molecule has 0 saturated heterocycles. The van der Waals surface area contributed by atoms with Gasteiger partial charge in [0.1, 0.15) is 11.6 Å². The highest BCUT2D eigenvalue weighted by Gasteiger charge is 2.16. The molecule has 2 aromatic heterocycles. The van der Waals surface area contributed by atoms with E-state index in [1.807, 2.05) is 12.3 Å². The van der Waals surface area contributed by atoms with Crippen molar-refractivity contribution in [1.82, 2.24) is 9.97 Å². The molecule has 0 spiro atoms. The van der Waals surface area contributed by atoms with Gasteiger partial charge in [0.05, 0.1) is 29.8 Å². The maximum absolute atomic E-state index is 13.0. The van der Waals surface area contributed by atoms with E-state index in [0.29, 0.717) is 32.8 Å². The Morgan fingerprint density at radius 2 is 1.73 bits per heavy atom. The smallest absolute Gasteiger partial charge is 0.257 e. The van der Waals surface area contributed by atoms with Crippen molar-refractivity contribution in [3.8, 4) is 16.3 Å². The monoisotopic (exact) mass is 482 g/mol. The van der Waals surface area contributed by atoms with Crippen molar-refractivity contribution in [2.45, 2.75) is 13.3 Å². The lowest BCUT2D eigenvalue weighted by atomic mass is 10.1. The molecule has 2 N–H and O–H groups in total. The first-order valence-electron chi connectivity index (χ1n) is 9.84. The SMILES string of the molecule is COc1ccc(C(=O)Nc2nc(C)c(-c3csc(NC(=O)Cc4ccc(F)cc4)n3)s2)cc1. The van der Waals surface area contributed by atoms with Crippen LogP contribution < -0.4 is 15.4 Å². The Hall–Kier alpha value is -3.63. The van der Waals surface area contributed by atoms with Gasteiger partial charge in [-0.05, 0) is 48.9 Å². The minimum absolute atomic E-state index is 0.121. The Morgan fingerprint density at radius 3 is 2.42 bits per heavy atom. The number of carbonyl (C=O) groups excluding carboxylic acids is 2. The topological polar surface area (TPSA) is 93.2 Å². The number of hydrogen-bond acceptors (Lipinski definition) is 7. The number of ether oxygens (including phenoxy) is 1. The molecule has 0 bridgehead atoms. The van der Waals surface area contributed by atoms with Crippen LogP contribution in [0.3, 0.4) is 0 Å². The number of amides is 2. The minimum Gasteiger partial charge on any atom is -0.497 e. The summed E-state index contributed by atoms with van der Waals surface area (Å²) in [5.41, 5.74) is 2.59. The summed E-state index contributed by atoms with van der Waals surface area (Å²) in [6.07, 6.45) is 0.121. The highest BCUT2D eigenvalue weighted by atomic mass is 32.1. The molecule has 0 unspecified atom stereocenters. The molecule has 2 aromatic carbocycles. The predicted octanol–water partition coefficient (Wildman–Crippen LogP) is 5.16. The molecule has 10 heteroatoms. The fourth-order valence-electron chi connectivity index (χ4n) is 2.99. The first-order valence-corrected chi connectivity index (χ1v) is 11.5. The highest BCUT2D eigenvalue weighted by Crippen LogP contribution is 2.34. The second-order valence-corrected chi connectivity index (χ2v) is 8.86. The average molecular weight is 483 g/mol. The molecule has 0 radical (unpaired) electrons. The standard InChI is InChI=1S/C23H19FN4O3S2/c1-13-20(33-23(25-13)28-21(30)15-5-9-17(31-2)10-6-15)18-12-32-22(26-18)27-19(29)11-14-3-7-16(24)8-4-14/h3-10,12H,11H2,1-2H3,(H,25,28,30)(H,26,27,29). The van der Waals surface area contributed by atoms with Crippen LogP contribution in [0.4, 0.5) is 14.7 Å². The molecule has 2 amide bonds. The fourth-order valence-corrected chi connectivity index (χ4v) is 4.70. The summed E-state index contributed by atoms with van der Waals surface area (Å²) < 4.78 is 18.1. The van der Waals surface area contributed by atoms with E-state index in [2.05, 4.69) is 20.6 Å². The van der Waals surface area contributed by atoms with Gasteiger partial charge in [0.25, 0.3) is 5.91 Å². The Balaban J connectivity index is 1.41. The van der Waals surface area contributed by atoms with Crippen LogP contribution in [0, 0.1) is 12.7 Å². The number of nitrogens with one attached hydrogen (secondary N) is 2. The summed E-state index contributed by atoms with van der Waals surface area (Å²) in [7, 11) is 1.57. The van der Waals surface area contributed by atoms with E-state index in [1.165, 1.54) is 34.8 Å². The van der Waals surface area contributed by atoms with Crippen molar-refractivity contribution in [3.63, 3.8) is 0 Å². The second-order valence-electron chi connectivity index (χ2n) is 7.01. The zero-order valence-electron chi connectivity index (χ0n) is 17.7. The quantitative estimate of drug-likeness (QED) is 0.380. The number of halogens is 1. The Bertz CT molecular complexity index is 1280. The molecule has 0 aliphatic carbocycles. The lowest BCUT2D eigenvalue weighted by molar-refractivity contribution is -0.115. The van der Waals surface area contributed by atoms with Crippen LogP contribution in [0.15, 0.2) is 53.9 Å². The van der Waals surface area contributed by atoms with Crippen molar-refractivity contribution in [2.24, 2.45) is 0 Å². The number of anilines is 2. The number of carbonyl (C=O) groups is 2. The molecule has 168 valence electrons. The van der Waals surface area contributed by atoms with E-state index >= 15 is 0 Å². The van der Waals surface area contributed by atoms with E-state index in [4.69, 9.17) is 4.74 Å². The summed E-state index contributed by atoms with van der Waals surface area (Å²) in [6, 6.07) is 12.6. The third-order valence-electron chi connectivity index (χ3n) is 4.63. The average Bonchev–Trinajstić information content (AvgIpc) is 3.41. The van der Waals surface area contributed by atoms with Crippen LogP contribution in [0.5, 0.6) is 5.75 Å². The second kappa shape index (κ2) is 9.88. The number of hydrogen-bond donors (Lipinski definition) is 2. The molecule has 0 saturated carbocycles. The molecule has 4 rings (SSSR count). The summed E-state index contributed by atoms with van der Waals surface area (Å²) in [5, 5.41) is 8.30. The number of aryl methyl sites for hydroxylation is 1. The highest BCUT2D eigenvalue weighted by molar-refractivity contribution is 7.20. The molecule has 33 heavy (non-hydrogen) atoms. The molecular formula is C23H19FN4O3S2. The van der Waals surface area contributed by atoms with Crippen molar-refractivity contribution in [2.75, 3.05) is 17.7 Å². The lowest BCUT2D eigenvalue weighted by Crippen LogP contribution is -2.14. The zero-order chi connectivity index (χ0) is 23.4. The number of methoxy groups -OCH3 is 1. The van der Waals surface area contributed by atoms with Gasteiger partial charge >= 0.3 is 0 Å². The summed E-state index contributed by atoms with van der Waals surface area (Å²) in [5.74, 6) is -0.188. The van der Waals surface area contributed by atoms with Crippen molar-refractivity contribution in [1.29, 1.82) is 0 Å². The van der Waals surface area contributed by atoms with Crippen LogP contribution in [0.1, 0.15) is 21.6 Å². The Labute approximate surface area is 197 Å². The first kappa shape index (κ1) is 22.6. The van der Waals surface area contributed by atoms with Gasteiger partial charge in [0.15, 0.2) is 10.3 Å². The third kappa shape index (κ3) is 5.60. The van der Waals surface area contributed by atoms with Gasteiger partial charge in [0, 0.05) is 10.9 Å². The number of thiazole rings is 2. The molecule has 0 fully saturated rings.